The number of carbonyl (C=O) groups excluding carboxylic acids is 1. The van der Waals surface area contributed by atoms with Crippen molar-refractivity contribution in [2.24, 2.45) is 5.73 Å². The van der Waals surface area contributed by atoms with Crippen molar-refractivity contribution in [3.05, 3.63) is 24.0 Å². The number of carbonyl (C=O) groups is 1. The van der Waals surface area contributed by atoms with Crippen LogP contribution in [0.2, 0.25) is 0 Å². The van der Waals surface area contributed by atoms with Gasteiger partial charge in [0.1, 0.15) is 0 Å². The molecule has 1 aliphatic rings. The number of aryl methyl sites for hydroxylation is 1. The molecule has 110 valence electrons. The summed E-state index contributed by atoms with van der Waals surface area (Å²) < 4.78 is 5.76. The maximum atomic E-state index is 10.9. The summed E-state index contributed by atoms with van der Waals surface area (Å²) >= 11 is 0. The lowest BCUT2D eigenvalue weighted by Crippen LogP contribution is -2.48. The van der Waals surface area contributed by atoms with Gasteiger partial charge in [0.25, 0.3) is 0 Å². The summed E-state index contributed by atoms with van der Waals surface area (Å²) in [6.07, 6.45) is 1.91. The summed E-state index contributed by atoms with van der Waals surface area (Å²) in [6.45, 7) is 5.32. The second-order valence-corrected chi connectivity index (χ2v) is 5.26. The van der Waals surface area contributed by atoms with Crippen LogP contribution in [0.5, 0.6) is 0 Å². The number of rotatable bonds is 5. The number of anilines is 1. The zero-order valence-corrected chi connectivity index (χ0v) is 12.1. The maximum absolute atomic E-state index is 10.9. The van der Waals surface area contributed by atoms with Gasteiger partial charge in [-0.25, -0.2) is 0 Å². The molecule has 0 bridgehead atoms. The van der Waals surface area contributed by atoms with Crippen molar-refractivity contribution in [1.29, 1.82) is 0 Å². The van der Waals surface area contributed by atoms with Crippen LogP contribution in [0, 0.1) is 6.92 Å². The van der Waals surface area contributed by atoms with Gasteiger partial charge in [-0.3, -0.25) is 14.7 Å². The van der Waals surface area contributed by atoms with E-state index in [-0.39, 0.29) is 18.6 Å². The fourth-order valence-electron chi connectivity index (χ4n) is 2.47. The molecule has 2 N–H and O–H groups in total. The van der Waals surface area contributed by atoms with Gasteiger partial charge in [0.2, 0.25) is 5.91 Å². The molecule has 20 heavy (non-hydrogen) atoms. The van der Waals surface area contributed by atoms with Crippen molar-refractivity contribution < 1.29 is 9.53 Å². The van der Waals surface area contributed by atoms with E-state index in [1.807, 2.05) is 31.1 Å². The third-order valence-electron chi connectivity index (χ3n) is 3.33. The maximum Gasteiger partial charge on any atom is 0.231 e. The average Bonchev–Trinajstić information content (AvgIpc) is 2.38. The third-order valence-corrected chi connectivity index (χ3v) is 3.33. The summed E-state index contributed by atoms with van der Waals surface area (Å²) in [5.74, 6) is -0.315. The molecule has 1 saturated heterocycles. The van der Waals surface area contributed by atoms with Crippen LogP contribution >= 0.6 is 0 Å². The first-order valence-electron chi connectivity index (χ1n) is 6.80. The molecule has 1 aromatic heterocycles. The number of likely N-dealkylation sites (N-methyl/N-ethyl adjacent to an activating group) is 1. The Balaban J connectivity index is 1.93. The third kappa shape index (κ3) is 4.18. The van der Waals surface area contributed by atoms with E-state index >= 15 is 0 Å². The van der Waals surface area contributed by atoms with Crippen molar-refractivity contribution in [1.82, 2.24) is 9.88 Å². The molecule has 1 atom stereocenters. The number of pyridine rings is 1. The highest BCUT2D eigenvalue weighted by Crippen LogP contribution is 2.18. The van der Waals surface area contributed by atoms with Gasteiger partial charge in [-0.05, 0) is 26.1 Å². The molecule has 6 nitrogen and oxygen atoms in total. The van der Waals surface area contributed by atoms with Crippen LogP contribution in [0.3, 0.4) is 0 Å². The number of ether oxygens (including phenoxy) is 1. The number of nitrogens with zero attached hydrogens (tertiary/aromatic N) is 3. The molecule has 0 unspecified atom stereocenters. The quantitative estimate of drug-likeness (QED) is 0.821. The van der Waals surface area contributed by atoms with Gasteiger partial charge in [0.15, 0.2) is 0 Å². The molecule has 0 saturated carbocycles. The van der Waals surface area contributed by atoms with Crippen LogP contribution in [0.25, 0.3) is 0 Å². The Morgan fingerprint density at radius 2 is 2.45 bits per heavy atom. The Morgan fingerprint density at radius 3 is 3.15 bits per heavy atom. The summed E-state index contributed by atoms with van der Waals surface area (Å²) in [5, 5.41) is 0. The van der Waals surface area contributed by atoms with E-state index in [1.54, 1.807) is 0 Å². The van der Waals surface area contributed by atoms with Crippen LogP contribution in [-0.2, 0) is 9.53 Å². The Bertz CT molecular complexity index is 466. The molecule has 0 radical (unpaired) electrons. The molecule has 6 heteroatoms. The van der Waals surface area contributed by atoms with Gasteiger partial charge in [-0.15, -0.1) is 0 Å². The molecule has 1 fully saturated rings. The second kappa shape index (κ2) is 6.67. The molecule has 0 aliphatic carbocycles. The number of primary amides is 1. The van der Waals surface area contributed by atoms with Gasteiger partial charge in [-0.2, -0.15) is 0 Å². The van der Waals surface area contributed by atoms with E-state index in [1.165, 1.54) is 5.69 Å². The van der Waals surface area contributed by atoms with E-state index in [9.17, 15) is 4.79 Å². The molecular formula is C14H22N4O2. The Kier molecular flexibility index (Phi) is 4.92. The Morgan fingerprint density at radius 1 is 1.65 bits per heavy atom. The van der Waals surface area contributed by atoms with Crippen molar-refractivity contribution >= 4 is 11.6 Å². The molecule has 1 aromatic rings. The smallest absolute Gasteiger partial charge is 0.231 e. The summed E-state index contributed by atoms with van der Waals surface area (Å²) in [7, 11) is 1.88. The molecule has 1 aliphatic heterocycles. The summed E-state index contributed by atoms with van der Waals surface area (Å²) in [4.78, 5) is 19.3. The number of amides is 1. The number of morpholine rings is 1. The van der Waals surface area contributed by atoms with Crippen LogP contribution < -0.4 is 10.6 Å². The molecular weight excluding hydrogens is 256 g/mol. The lowest BCUT2D eigenvalue weighted by Gasteiger charge is -2.36. The van der Waals surface area contributed by atoms with Gasteiger partial charge >= 0.3 is 0 Å². The van der Waals surface area contributed by atoms with Gasteiger partial charge in [0.05, 0.1) is 19.3 Å². The van der Waals surface area contributed by atoms with E-state index in [0.29, 0.717) is 13.2 Å². The van der Waals surface area contributed by atoms with Crippen molar-refractivity contribution in [2.75, 3.05) is 44.7 Å². The van der Waals surface area contributed by atoms with Crippen LogP contribution in [0.1, 0.15) is 5.69 Å². The SMILES string of the molecule is Cc1cc(N2CCO[C@@H](CN(C)CC(N)=O)C2)ccn1. The minimum absolute atomic E-state index is 0.0848. The molecule has 2 rings (SSSR count). The highest BCUT2D eigenvalue weighted by Gasteiger charge is 2.22. The Hall–Kier alpha value is -1.66. The molecule has 0 aromatic carbocycles. The van der Waals surface area contributed by atoms with Crippen LogP contribution in [-0.4, -0.2) is 61.7 Å². The average molecular weight is 278 g/mol. The summed E-state index contributed by atoms with van der Waals surface area (Å²) in [5.41, 5.74) is 7.38. The fraction of sp³-hybridized carbons (Fsp3) is 0.571. The topological polar surface area (TPSA) is 71.7 Å². The van der Waals surface area contributed by atoms with Gasteiger partial charge < -0.3 is 15.4 Å². The van der Waals surface area contributed by atoms with Crippen molar-refractivity contribution in [3.8, 4) is 0 Å². The van der Waals surface area contributed by atoms with Gasteiger partial charge in [-0.1, -0.05) is 0 Å². The highest BCUT2D eigenvalue weighted by molar-refractivity contribution is 5.75. The van der Waals surface area contributed by atoms with Gasteiger partial charge in [0, 0.05) is 37.2 Å². The van der Waals surface area contributed by atoms with Crippen LogP contribution in [0.15, 0.2) is 18.3 Å². The predicted octanol–water partition coefficient (Wildman–Crippen LogP) is 0.0123. The first kappa shape index (κ1) is 14.7. The van der Waals surface area contributed by atoms with Crippen molar-refractivity contribution in [2.45, 2.75) is 13.0 Å². The lowest BCUT2D eigenvalue weighted by atomic mass is 10.2. The summed E-state index contributed by atoms with van der Waals surface area (Å²) in [6, 6.07) is 4.10. The predicted molar refractivity (Wildman–Crippen MR) is 77.6 cm³/mol. The zero-order valence-electron chi connectivity index (χ0n) is 12.1. The van der Waals surface area contributed by atoms with E-state index in [0.717, 1.165) is 18.8 Å². The standard InChI is InChI=1S/C14H22N4O2/c1-11-7-12(3-4-16-11)18-5-6-20-13(9-18)8-17(2)10-14(15)19/h3-4,7,13H,5-6,8-10H2,1-2H3,(H2,15,19)/t13-/m0/s1. The largest absolute Gasteiger partial charge is 0.373 e. The normalized spacial score (nSPS) is 19.4. The van der Waals surface area contributed by atoms with Crippen LogP contribution in [0.4, 0.5) is 5.69 Å². The second-order valence-electron chi connectivity index (χ2n) is 5.26. The van der Waals surface area contributed by atoms with E-state index in [2.05, 4.69) is 16.0 Å². The minimum atomic E-state index is -0.315. The molecule has 0 spiro atoms. The van der Waals surface area contributed by atoms with E-state index < -0.39 is 0 Å². The molecule has 2 heterocycles. The van der Waals surface area contributed by atoms with Crippen molar-refractivity contribution in [3.63, 3.8) is 0 Å². The zero-order chi connectivity index (χ0) is 14.5. The fourth-order valence-corrected chi connectivity index (χ4v) is 2.47. The van der Waals surface area contributed by atoms with E-state index in [4.69, 9.17) is 10.5 Å². The first-order valence-corrected chi connectivity index (χ1v) is 6.80. The number of hydrogen-bond acceptors (Lipinski definition) is 5. The first-order chi connectivity index (χ1) is 9.54. The number of hydrogen-bond donors (Lipinski definition) is 1. The highest BCUT2D eigenvalue weighted by atomic mass is 16.5. The monoisotopic (exact) mass is 278 g/mol. The Labute approximate surface area is 119 Å². The minimum Gasteiger partial charge on any atom is -0.373 e. The molecule has 1 amide bonds. The number of nitrogens with two attached hydrogens (primary N) is 1. The number of aromatic nitrogens is 1. The lowest BCUT2D eigenvalue weighted by molar-refractivity contribution is -0.119.